The number of nitrogen functional groups attached to an aromatic ring is 1. The fourth-order valence-electron chi connectivity index (χ4n) is 1.24. The van der Waals surface area contributed by atoms with Crippen molar-refractivity contribution in [2.45, 2.75) is 11.1 Å². The number of thiophene rings is 1. The van der Waals surface area contributed by atoms with Crippen LogP contribution in [0.4, 0.5) is 11.5 Å². The average Bonchev–Trinajstić information content (AvgIpc) is 2.63. The van der Waals surface area contributed by atoms with Crippen molar-refractivity contribution in [2.24, 2.45) is 0 Å². The summed E-state index contributed by atoms with van der Waals surface area (Å²) in [6.45, 7) is 1.84. The van der Waals surface area contributed by atoms with Crippen molar-refractivity contribution in [2.75, 3.05) is 10.5 Å². The van der Waals surface area contributed by atoms with Gasteiger partial charge in [-0.05, 0) is 46.6 Å². The molecule has 0 fully saturated rings. The van der Waals surface area contributed by atoms with Crippen LogP contribution in [-0.4, -0.2) is 13.4 Å². The molecule has 0 aromatic carbocycles. The Bertz CT molecular complexity index is 645. The maximum absolute atomic E-state index is 12.1. The third kappa shape index (κ3) is 2.82. The van der Waals surface area contributed by atoms with Gasteiger partial charge in [-0.25, -0.2) is 13.4 Å². The summed E-state index contributed by atoms with van der Waals surface area (Å²) in [4.78, 5) is 3.82. The third-order valence-electron chi connectivity index (χ3n) is 2.14. The fraction of sp³-hybridized carbons (Fsp3) is 0.100. The summed E-state index contributed by atoms with van der Waals surface area (Å²) in [5.41, 5.74) is 6.70. The van der Waals surface area contributed by atoms with Gasteiger partial charge < -0.3 is 5.73 Å². The minimum Gasteiger partial charge on any atom is -0.384 e. The van der Waals surface area contributed by atoms with Crippen LogP contribution in [0.15, 0.2) is 32.4 Å². The van der Waals surface area contributed by atoms with Crippen molar-refractivity contribution in [1.82, 2.24) is 4.98 Å². The Morgan fingerprint density at radius 3 is 2.67 bits per heavy atom. The van der Waals surface area contributed by atoms with Gasteiger partial charge in [0.2, 0.25) is 0 Å². The van der Waals surface area contributed by atoms with Crippen molar-refractivity contribution >= 4 is 48.8 Å². The van der Waals surface area contributed by atoms with Crippen LogP contribution in [0.25, 0.3) is 0 Å². The summed E-state index contributed by atoms with van der Waals surface area (Å²) in [5.74, 6) is 0.340. The molecule has 0 aliphatic heterocycles. The van der Waals surface area contributed by atoms with E-state index in [0.29, 0.717) is 11.5 Å². The topological polar surface area (TPSA) is 85.1 Å². The molecule has 2 heterocycles. The molecule has 3 N–H and O–H groups in total. The number of rotatable bonds is 3. The lowest BCUT2D eigenvalue weighted by Gasteiger charge is -2.05. The molecule has 0 amide bonds. The van der Waals surface area contributed by atoms with Gasteiger partial charge in [0.15, 0.2) is 0 Å². The molecule has 0 saturated carbocycles. The Morgan fingerprint density at radius 1 is 1.44 bits per heavy atom. The molecule has 0 aliphatic carbocycles. The zero-order chi connectivity index (χ0) is 13.3. The smallest absolute Gasteiger partial charge is 0.271 e. The number of hydrogen-bond donors (Lipinski definition) is 2. The Labute approximate surface area is 117 Å². The minimum atomic E-state index is -3.57. The van der Waals surface area contributed by atoms with E-state index in [1.807, 2.05) is 6.92 Å². The molecule has 0 spiro atoms. The monoisotopic (exact) mass is 347 g/mol. The molecule has 8 heteroatoms. The maximum Gasteiger partial charge on any atom is 0.271 e. The molecule has 2 aromatic heterocycles. The molecule has 18 heavy (non-hydrogen) atoms. The number of hydrogen-bond acceptors (Lipinski definition) is 5. The van der Waals surface area contributed by atoms with Crippen molar-refractivity contribution in [3.63, 3.8) is 0 Å². The van der Waals surface area contributed by atoms with E-state index in [0.717, 1.165) is 20.7 Å². The highest BCUT2D eigenvalue weighted by Gasteiger charge is 2.18. The molecule has 5 nitrogen and oxygen atoms in total. The zero-order valence-corrected chi connectivity index (χ0v) is 12.6. The average molecular weight is 348 g/mol. The van der Waals surface area contributed by atoms with E-state index in [2.05, 4.69) is 25.6 Å². The number of aromatic nitrogens is 1. The van der Waals surface area contributed by atoms with Crippen LogP contribution in [0.3, 0.4) is 0 Å². The van der Waals surface area contributed by atoms with Crippen LogP contribution in [0.2, 0.25) is 0 Å². The molecule has 0 unspecified atom stereocenters. The molecule has 0 saturated heterocycles. The molecule has 96 valence electrons. The number of nitrogens with two attached hydrogens (primary N) is 1. The van der Waals surface area contributed by atoms with Crippen molar-refractivity contribution < 1.29 is 8.42 Å². The number of aryl methyl sites for hydroxylation is 1. The first-order valence-corrected chi connectivity index (χ1v) is 7.98. The van der Waals surface area contributed by atoms with Gasteiger partial charge in [0.05, 0.1) is 15.7 Å². The lowest BCUT2D eigenvalue weighted by atomic mass is 10.4. The summed E-state index contributed by atoms with van der Waals surface area (Å²) in [7, 11) is -3.57. The normalized spacial score (nSPS) is 11.4. The first kappa shape index (κ1) is 13.3. The highest BCUT2D eigenvalue weighted by Crippen LogP contribution is 2.31. The van der Waals surface area contributed by atoms with Gasteiger partial charge in [-0.15, -0.1) is 11.3 Å². The van der Waals surface area contributed by atoms with Crippen LogP contribution < -0.4 is 10.5 Å². The van der Waals surface area contributed by atoms with Crippen molar-refractivity contribution in [3.05, 3.63) is 33.7 Å². The molecule has 0 radical (unpaired) electrons. The number of sulfonamides is 1. The predicted molar refractivity (Wildman–Crippen MR) is 76.2 cm³/mol. The minimum absolute atomic E-state index is 0.253. The highest BCUT2D eigenvalue weighted by molar-refractivity contribution is 9.11. The predicted octanol–water partition coefficient (Wildman–Crippen LogP) is 2.60. The Hall–Kier alpha value is -1.12. The standard InChI is InChI=1S/C10H10BrN3O2S2/c1-6-4-9(17-10(6)11)18(15,16)14-7-2-3-8(12)13-5-7/h2-5,14H,1H3,(H2,12,13). The number of nitrogens with one attached hydrogen (secondary N) is 1. The van der Waals surface area contributed by atoms with E-state index < -0.39 is 10.0 Å². The molecular weight excluding hydrogens is 338 g/mol. The van der Waals surface area contributed by atoms with Gasteiger partial charge in [0, 0.05) is 0 Å². The lowest BCUT2D eigenvalue weighted by molar-refractivity contribution is 0.603. The Morgan fingerprint density at radius 2 is 2.17 bits per heavy atom. The van der Waals surface area contributed by atoms with E-state index in [4.69, 9.17) is 5.73 Å². The Kier molecular flexibility index (Phi) is 3.60. The third-order valence-corrected chi connectivity index (χ3v) is 6.13. The summed E-state index contributed by atoms with van der Waals surface area (Å²) in [6.07, 6.45) is 1.38. The molecule has 0 atom stereocenters. The van der Waals surface area contributed by atoms with Crippen LogP contribution in [-0.2, 0) is 10.0 Å². The number of nitrogens with zero attached hydrogens (tertiary/aromatic N) is 1. The van der Waals surface area contributed by atoms with Crippen molar-refractivity contribution in [3.8, 4) is 0 Å². The molecular formula is C10H10BrN3O2S2. The zero-order valence-electron chi connectivity index (χ0n) is 9.34. The fourth-order valence-corrected chi connectivity index (χ4v) is 4.50. The number of halogens is 1. The van der Waals surface area contributed by atoms with Gasteiger partial charge in [0.1, 0.15) is 10.0 Å². The quantitative estimate of drug-likeness (QED) is 0.893. The SMILES string of the molecule is Cc1cc(S(=O)(=O)Nc2ccc(N)nc2)sc1Br. The second kappa shape index (κ2) is 4.87. The second-order valence-electron chi connectivity index (χ2n) is 3.60. The molecule has 2 aromatic rings. The van der Waals surface area contributed by atoms with Crippen LogP contribution in [0.5, 0.6) is 0 Å². The molecule has 0 aliphatic rings. The molecule has 0 bridgehead atoms. The van der Waals surface area contributed by atoms with E-state index in [-0.39, 0.29) is 4.21 Å². The van der Waals surface area contributed by atoms with Gasteiger partial charge in [-0.3, -0.25) is 4.72 Å². The molecule has 2 rings (SSSR count). The first-order valence-electron chi connectivity index (χ1n) is 4.89. The lowest BCUT2D eigenvalue weighted by Crippen LogP contribution is -2.11. The summed E-state index contributed by atoms with van der Waals surface area (Å²) in [6, 6.07) is 4.71. The van der Waals surface area contributed by atoms with Crippen LogP contribution in [0, 0.1) is 6.92 Å². The largest absolute Gasteiger partial charge is 0.384 e. The van der Waals surface area contributed by atoms with Crippen molar-refractivity contribution in [1.29, 1.82) is 0 Å². The highest BCUT2D eigenvalue weighted by atomic mass is 79.9. The summed E-state index contributed by atoms with van der Waals surface area (Å²) < 4.78 is 27.6. The van der Waals surface area contributed by atoms with Crippen LogP contribution in [0.1, 0.15) is 5.56 Å². The number of anilines is 2. The summed E-state index contributed by atoms with van der Waals surface area (Å²) in [5, 5.41) is 0. The van der Waals surface area contributed by atoms with E-state index in [1.165, 1.54) is 12.3 Å². The van der Waals surface area contributed by atoms with Gasteiger partial charge in [-0.1, -0.05) is 0 Å². The van der Waals surface area contributed by atoms with Crippen LogP contribution >= 0.6 is 27.3 Å². The van der Waals surface area contributed by atoms with E-state index >= 15 is 0 Å². The van der Waals surface area contributed by atoms with Gasteiger partial charge in [-0.2, -0.15) is 0 Å². The van der Waals surface area contributed by atoms with Gasteiger partial charge in [0.25, 0.3) is 10.0 Å². The van der Waals surface area contributed by atoms with Gasteiger partial charge >= 0.3 is 0 Å². The van der Waals surface area contributed by atoms with E-state index in [9.17, 15) is 8.42 Å². The second-order valence-corrected chi connectivity index (χ2v) is 7.88. The van der Waals surface area contributed by atoms with E-state index in [1.54, 1.807) is 12.1 Å². The number of pyridine rings is 1. The first-order chi connectivity index (χ1) is 8.38. The Balaban J connectivity index is 2.29. The maximum atomic E-state index is 12.1. The summed E-state index contributed by atoms with van der Waals surface area (Å²) >= 11 is 4.47.